The zero-order valence-corrected chi connectivity index (χ0v) is 38.4. The van der Waals surface area contributed by atoms with E-state index in [1.165, 1.54) is 25.7 Å². The molecule has 0 heterocycles. The van der Waals surface area contributed by atoms with E-state index >= 15 is 0 Å². The van der Waals surface area contributed by atoms with Crippen molar-refractivity contribution in [2.24, 2.45) is 0 Å². The average Bonchev–Trinajstić information content (AvgIpc) is 3.21. The summed E-state index contributed by atoms with van der Waals surface area (Å²) in [7, 11) is 5.49. The van der Waals surface area contributed by atoms with Crippen LogP contribution in [0.15, 0.2) is 109 Å². The minimum Gasteiger partial charge on any atom is -0.477 e. The Bertz CT molecular complexity index is 1340. The first-order chi connectivity index (χ1) is 29.1. The van der Waals surface area contributed by atoms with Gasteiger partial charge in [0.2, 0.25) is 0 Å². The number of nitrogens with zero attached hydrogens (tertiary/aromatic N) is 1. The predicted molar refractivity (Wildman–Crippen MR) is 252 cm³/mol. The number of hydrogen-bond acceptors (Lipinski definition) is 6. The quantitative estimate of drug-likeness (QED) is 0.0216. The number of allylic oxidation sites excluding steroid dienone is 18. The van der Waals surface area contributed by atoms with Crippen molar-refractivity contribution in [2.75, 3.05) is 41.0 Å². The van der Waals surface area contributed by atoms with Crippen LogP contribution in [0.3, 0.4) is 0 Å². The van der Waals surface area contributed by atoms with E-state index in [1.807, 2.05) is 69.8 Å². The van der Waals surface area contributed by atoms with E-state index in [4.69, 9.17) is 14.2 Å². The molecule has 0 aromatic rings. The number of quaternary nitrogens is 1. The summed E-state index contributed by atoms with van der Waals surface area (Å²) in [5.74, 6) is -1.56. The lowest BCUT2D eigenvalue weighted by molar-refractivity contribution is -0.887. The summed E-state index contributed by atoms with van der Waals surface area (Å²) >= 11 is 0. The maximum Gasteiger partial charge on any atom is 0.362 e. The molecule has 0 radical (unpaired) electrons. The summed E-state index contributed by atoms with van der Waals surface area (Å²) in [6, 6.07) is -0.633. The average molecular weight is 835 g/mol. The number of carbonyl (C=O) groups is 3. The van der Waals surface area contributed by atoms with Gasteiger partial charge >= 0.3 is 17.9 Å². The lowest BCUT2D eigenvalue weighted by Crippen LogP contribution is -2.50. The maximum atomic E-state index is 12.7. The van der Waals surface area contributed by atoms with Crippen LogP contribution in [0.25, 0.3) is 0 Å². The molecule has 0 aliphatic heterocycles. The van der Waals surface area contributed by atoms with Gasteiger partial charge in [0.1, 0.15) is 6.61 Å². The van der Waals surface area contributed by atoms with Crippen LogP contribution in [0.1, 0.15) is 149 Å². The summed E-state index contributed by atoms with van der Waals surface area (Å²) in [6.07, 6.45) is 57.0. The molecule has 2 atom stereocenters. The minimum absolute atomic E-state index is 0.0294. The number of likely N-dealkylation sites (N-methyl/N-ethyl adjacent to an activating group) is 1. The second kappa shape index (κ2) is 41.7. The fraction of sp³-hybridized carbons (Fsp3) is 0.596. The van der Waals surface area contributed by atoms with Gasteiger partial charge in [-0.1, -0.05) is 162 Å². The molecule has 0 saturated heterocycles. The fourth-order valence-corrected chi connectivity index (χ4v) is 5.98. The monoisotopic (exact) mass is 835 g/mol. The third kappa shape index (κ3) is 39.5. The number of hydrogen-bond donors (Lipinski definition) is 1. The van der Waals surface area contributed by atoms with E-state index in [1.54, 1.807) is 0 Å². The number of ether oxygens (including phenoxy) is 3. The number of carboxylic acid groups (broad SMARTS) is 1. The normalized spacial score (nSPS) is 13.9. The first-order valence-electron chi connectivity index (χ1n) is 23.0. The van der Waals surface area contributed by atoms with E-state index in [2.05, 4.69) is 74.6 Å². The molecule has 0 aromatic carbocycles. The Balaban J connectivity index is 4.44. The first-order valence-corrected chi connectivity index (χ1v) is 23.0. The molecule has 338 valence electrons. The van der Waals surface area contributed by atoms with Crippen LogP contribution < -0.4 is 0 Å². The molecular formula is C52H84NO7+. The first kappa shape index (κ1) is 56.0. The molecule has 8 heteroatoms. The third-order valence-corrected chi connectivity index (χ3v) is 9.53. The highest BCUT2D eigenvalue weighted by Crippen LogP contribution is 2.12. The Morgan fingerprint density at radius 3 is 1.55 bits per heavy atom. The van der Waals surface area contributed by atoms with Gasteiger partial charge in [0.15, 0.2) is 12.1 Å². The number of aliphatic carboxylic acids is 1. The Kier molecular flexibility index (Phi) is 38.9. The van der Waals surface area contributed by atoms with Crippen LogP contribution in [-0.4, -0.2) is 80.6 Å². The van der Waals surface area contributed by atoms with Gasteiger partial charge in [0.05, 0.1) is 34.4 Å². The van der Waals surface area contributed by atoms with E-state index < -0.39 is 18.1 Å². The summed E-state index contributed by atoms with van der Waals surface area (Å²) in [5, 5.41) is 9.63. The summed E-state index contributed by atoms with van der Waals surface area (Å²) in [4.78, 5) is 37.0. The van der Waals surface area contributed by atoms with Crippen molar-refractivity contribution in [3.05, 3.63) is 109 Å². The Morgan fingerprint density at radius 1 is 0.533 bits per heavy atom. The molecule has 0 amide bonds. The van der Waals surface area contributed by atoms with Gasteiger partial charge in [-0.05, 0) is 77.0 Å². The molecular weight excluding hydrogens is 751 g/mol. The predicted octanol–water partition coefficient (Wildman–Crippen LogP) is 12.9. The van der Waals surface area contributed by atoms with Gasteiger partial charge in [-0.3, -0.25) is 9.59 Å². The Morgan fingerprint density at radius 2 is 1.00 bits per heavy atom. The number of esters is 2. The van der Waals surface area contributed by atoms with Crippen molar-refractivity contribution in [3.63, 3.8) is 0 Å². The highest BCUT2D eigenvalue weighted by molar-refractivity contribution is 5.72. The molecule has 0 fully saturated rings. The SMILES string of the molecule is CC/C=C/C=C/C=C/C=C/C=C/CCCCCC(=O)OC(COCCC(C(=O)O)[N+](C)(C)C)COC(=O)CCCCCCC/C=C/C/C=C/C/C=C/C/C=C/CCCCC. The zero-order chi connectivity index (χ0) is 44.2. The summed E-state index contributed by atoms with van der Waals surface area (Å²) < 4.78 is 17.2. The molecule has 0 bridgehead atoms. The molecule has 60 heavy (non-hydrogen) atoms. The van der Waals surface area contributed by atoms with Crippen LogP contribution >= 0.6 is 0 Å². The Labute approximate surface area is 366 Å². The van der Waals surface area contributed by atoms with Gasteiger partial charge in [0, 0.05) is 19.3 Å². The van der Waals surface area contributed by atoms with E-state index in [0.717, 1.165) is 83.5 Å². The fourth-order valence-electron chi connectivity index (χ4n) is 5.98. The molecule has 0 rings (SSSR count). The van der Waals surface area contributed by atoms with Crippen LogP contribution in [0, 0.1) is 0 Å². The van der Waals surface area contributed by atoms with Gasteiger partial charge < -0.3 is 23.8 Å². The molecule has 8 nitrogen and oxygen atoms in total. The van der Waals surface area contributed by atoms with Crippen LogP contribution in [0.4, 0.5) is 0 Å². The molecule has 0 saturated carbocycles. The number of carbonyl (C=O) groups excluding carboxylic acids is 2. The summed E-state index contributed by atoms with van der Waals surface area (Å²) in [5.41, 5.74) is 0. The molecule has 0 aliphatic carbocycles. The lowest BCUT2D eigenvalue weighted by atomic mass is 10.1. The van der Waals surface area contributed by atoms with Crippen molar-refractivity contribution in [1.29, 1.82) is 0 Å². The number of unbranched alkanes of at least 4 members (excludes halogenated alkanes) is 11. The Hall–Kier alpha value is -4.01. The maximum absolute atomic E-state index is 12.7. The van der Waals surface area contributed by atoms with Crippen molar-refractivity contribution in [3.8, 4) is 0 Å². The van der Waals surface area contributed by atoms with E-state index in [0.29, 0.717) is 19.3 Å². The van der Waals surface area contributed by atoms with Crippen molar-refractivity contribution >= 4 is 17.9 Å². The van der Waals surface area contributed by atoms with Gasteiger partial charge in [-0.2, -0.15) is 0 Å². The molecule has 1 N–H and O–H groups in total. The molecule has 0 aliphatic rings. The van der Waals surface area contributed by atoms with E-state index in [-0.39, 0.29) is 42.7 Å². The van der Waals surface area contributed by atoms with Gasteiger partial charge in [0.25, 0.3) is 0 Å². The van der Waals surface area contributed by atoms with Gasteiger partial charge in [-0.15, -0.1) is 0 Å². The standard InChI is InChI=1S/C52H83NO7/c1-6-8-10-12-14-16-18-20-22-23-24-25-26-27-29-30-32-34-36-38-40-42-50(54)59-47-48(46-58-45-44-49(52(56)57)53(3,4)5)60-51(55)43-41-39-37-35-33-31-28-21-19-17-15-13-11-9-7-2/h9,11,13-17,19-22,24-25,27-29,31,33,48-49H,6-8,10,12,18,23,26,30,32,34-47H2,1-5H3/p+1/b11-9+,15-13+,16-14+,19-17+,22-20+,25-24+,28-21+,29-27+,33-31+. The van der Waals surface area contributed by atoms with Crippen LogP contribution in [0.5, 0.6) is 0 Å². The van der Waals surface area contributed by atoms with E-state index in [9.17, 15) is 19.5 Å². The van der Waals surface area contributed by atoms with Crippen molar-refractivity contribution in [1.82, 2.24) is 0 Å². The number of rotatable bonds is 39. The van der Waals surface area contributed by atoms with Gasteiger partial charge in [-0.25, -0.2) is 4.79 Å². The highest BCUT2D eigenvalue weighted by atomic mass is 16.6. The largest absolute Gasteiger partial charge is 0.477 e. The molecule has 0 spiro atoms. The third-order valence-electron chi connectivity index (χ3n) is 9.53. The smallest absolute Gasteiger partial charge is 0.362 e. The van der Waals surface area contributed by atoms with Crippen molar-refractivity contribution in [2.45, 2.75) is 161 Å². The second-order valence-corrected chi connectivity index (χ2v) is 16.0. The topological polar surface area (TPSA) is 99.1 Å². The lowest BCUT2D eigenvalue weighted by Gasteiger charge is -2.31. The summed E-state index contributed by atoms with van der Waals surface area (Å²) in [6.45, 7) is 4.47. The molecule has 0 aromatic heterocycles. The minimum atomic E-state index is -0.891. The van der Waals surface area contributed by atoms with Crippen molar-refractivity contribution < 1.29 is 38.2 Å². The van der Waals surface area contributed by atoms with Crippen LogP contribution in [0.2, 0.25) is 0 Å². The van der Waals surface area contributed by atoms with Crippen LogP contribution in [-0.2, 0) is 28.6 Å². The zero-order valence-electron chi connectivity index (χ0n) is 38.4. The molecule has 2 unspecified atom stereocenters. The number of carboxylic acids is 1. The highest BCUT2D eigenvalue weighted by Gasteiger charge is 2.31. The second-order valence-electron chi connectivity index (χ2n) is 16.0.